The summed E-state index contributed by atoms with van der Waals surface area (Å²) >= 11 is 0. The van der Waals surface area contributed by atoms with Crippen molar-refractivity contribution in [2.24, 2.45) is 0 Å². The minimum Gasteiger partial charge on any atom is -0.206 e. The number of hydrogen-bond donors (Lipinski definition) is 0. The van der Waals surface area contributed by atoms with Crippen LogP contribution in [-0.2, 0) is 12.6 Å². The molecule has 4 aromatic carbocycles. The zero-order valence-electron chi connectivity index (χ0n) is 14.6. The first-order chi connectivity index (χ1) is 12.9. The SMILES string of the molecule is CCc1ccc2c(ccc3cc(-c4ccc(C(F)(F)F)c(F)c4)ccc32)c1. The second kappa shape index (κ2) is 6.38. The molecule has 0 saturated carbocycles. The van der Waals surface area contributed by atoms with Gasteiger partial charge in [0.25, 0.3) is 0 Å². The van der Waals surface area contributed by atoms with E-state index in [2.05, 4.69) is 25.1 Å². The molecular weight excluding hydrogens is 352 g/mol. The van der Waals surface area contributed by atoms with Crippen LogP contribution in [0.5, 0.6) is 0 Å². The van der Waals surface area contributed by atoms with Crippen LogP contribution in [0.15, 0.2) is 66.7 Å². The molecule has 136 valence electrons. The van der Waals surface area contributed by atoms with E-state index in [0.717, 1.165) is 40.1 Å². The van der Waals surface area contributed by atoms with Gasteiger partial charge in [0.15, 0.2) is 0 Å². The van der Waals surface area contributed by atoms with Gasteiger partial charge in [-0.2, -0.15) is 13.2 Å². The van der Waals surface area contributed by atoms with Crippen LogP contribution in [0.4, 0.5) is 17.6 Å². The van der Waals surface area contributed by atoms with Crippen molar-refractivity contribution in [3.05, 3.63) is 83.7 Å². The van der Waals surface area contributed by atoms with E-state index in [4.69, 9.17) is 0 Å². The largest absolute Gasteiger partial charge is 0.419 e. The first kappa shape index (κ1) is 17.5. The van der Waals surface area contributed by atoms with Crippen LogP contribution in [0, 0.1) is 5.82 Å². The summed E-state index contributed by atoms with van der Waals surface area (Å²) in [6.07, 6.45) is -3.73. The summed E-state index contributed by atoms with van der Waals surface area (Å²) in [5.41, 5.74) is 1.12. The fourth-order valence-corrected chi connectivity index (χ4v) is 3.44. The summed E-state index contributed by atoms with van der Waals surface area (Å²) in [4.78, 5) is 0. The van der Waals surface area contributed by atoms with Gasteiger partial charge in [-0.15, -0.1) is 0 Å². The average Bonchev–Trinajstić information content (AvgIpc) is 2.65. The number of alkyl halides is 3. The maximum absolute atomic E-state index is 13.9. The Morgan fingerprint density at radius 3 is 1.93 bits per heavy atom. The summed E-state index contributed by atoms with van der Waals surface area (Å²) in [7, 11) is 0. The van der Waals surface area contributed by atoms with Crippen molar-refractivity contribution in [1.82, 2.24) is 0 Å². The average molecular weight is 368 g/mol. The minimum absolute atomic E-state index is 0.420. The molecule has 0 bridgehead atoms. The van der Waals surface area contributed by atoms with Crippen LogP contribution in [0.1, 0.15) is 18.1 Å². The summed E-state index contributed by atoms with van der Waals surface area (Å²) in [6, 6.07) is 19.1. The van der Waals surface area contributed by atoms with Gasteiger partial charge in [-0.3, -0.25) is 0 Å². The Bertz CT molecular complexity index is 1160. The van der Waals surface area contributed by atoms with E-state index in [-0.39, 0.29) is 0 Å². The second-order valence-electron chi connectivity index (χ2n) is 6.60. The fraction of sp³-hybridized carbons (Fsp3) is 0.130. The van der Waals surface area contributed by atoms with E-state index >= 15 is 0 Å². The number of benzene rings is 4. The van der Waals surface area contributed by atoms with Gasteiger partial charge in [0, 0.05) is 0 Å². The topological polar surface area (TPSA) is 0 Å². The van der Waals surface area contributed by atoms with Gasteiger partial charge < -0.3 is 0 Å². The normalized spacial score (nSPS) is 12.0. The summed E-state index contributed by atoms with van der Waals surface area (Å²) in [5, 5.41) is 4.29. The molecular formula is C23H16F4. The highest BCUT2D eigenvalue weighted by atomic mass is 19.4. The molecule has 0 nitrogen and oxygen atoms in total. The van der Waals surface area contributed by atoms with E-state index in [1.807, 2.05) is 30.3 Å². The van der Waals surface area contributed by atoms with Crippen molar-refractivity contribution in [3.63, 3.8) is 0 Å². The van der Waals surface area contributed by atoms with Crippen LogP contribution in [0.3, 0.4) is 0 Å². The molecule has 0 aliphatic rings. The molecule has 0 N–H and O–H groups in total. The highest BCUT2D eigenvalue weighted by Gasteiger charge is 2.33. The smallest absolute Gasteiger partial charge is 0.206 e. The summed E-state index contributed by atoms with van der Waals surface area (Å²) in [6.45, 7) is 2.11. The molecule has 4 aromatic rings. The monoisotopic (exact) mass is 368 g/mol. The van der Waals surface area contributed by atoms with E-state index < -0.39 is 17.6 Å². The summed E-state index contributed by atoms with van der Waals surface area (Å²) < 4.78 is 52.2. The molecule has 27 heavy (non-hydrogen) atoms. The Labute approximate surface area is 154 Å². The van der Waals surface area contributed by atoms with Crippen LogP contribution < -0.4 is 0 Å². The van der Waals surface area contributed by atoms with Crippen LogP contribution in [-0.4, -0.2) is 0 Å². The lowest BCUT2D eigenvalue weighted by atomic mass is 9.96. The van der Waals surface area contributed by atoms with E-state index in [0.29, 0.717) is 11.1 Å². The lowest BCUT2D eigenvalue weighted by molar-refractivity contribution is -0.139. The van der Waals surface area contributed by atoms with Gasteiger partial charge in [0.2, 0.25) is 0 Å². The maximum Gasteiger partial charge on any atom is 0.419 e. The molecule has 0 aromatic heterocycles. The Morgan fingerprint density at radius 1 is 0.704 bits per heavy atom. The highest BCUT2D eigenvalue weighted by Crippen LogP contribution is 2.35. The molecule has 4 rings (SSSR count). The lowest BCUT2D eigenvalue weighted by Crippen LogP contribution is -2.07. The third-order valence-electron chi connectivity index (χ3n) is 4.92. The quantitative estimate of drug-likeness (QED) is 0.256. The van der Waals surface area contributed by atoms with Gasteiger partial charge >= 0.3 is 6.18 Å². The van der Waals surface area contributed by atoms with Crippen LogP contribution in [0.25, 0.3) is 32.7 Å². The molecule has 0 radical (unpaired) electrons. The van der Waals surface area contributed by atoms with E-state index in [9.17, 15) is 17.6 Å². The predicted molar refractivity (Wildman–Crippen MR) is 101 cm³/mol. The van der Waals surface area contributed by atoms with Crippen molar-refractivity contribution in [1.29, 1.82) is 0 Å². The molecule has 0 aliphatic heterocycles. The standard InChI is InChI=1S/C23H16F4/c1-2-14-3-8-19-17(11-14)4-5-18-12-15(6-9-20(18)19)16-7-10-21(22(24)13-16)23(25,26)27/h3-13H,2H2,1H3. The van der Waals surface area contributed by atoms with Crippen molar-refractivity contribution >= 4 is 21.5 Å². The third kappa shape index (κ3) is 3.16. The molecule has 0 fully saturated rings. The van der Waals surface area contributed by atoms with E-state index in [1.165, 1.54) is 11.6 Å². The zero-order valence-corrected chi connectivity index (χ0v) is 14.6. The number of halogens is 4. The molecule has 0 unspecified atom stereocenters. The first-order valence-electron chi connectivity index (χ1n) is 8.69. The van der Waals surface area contributed by atoms with Crippen LogP contribution >= 0.6 is 0 Å². The van der Waals surface area contributed by atoms with Crippen LogP contribution in [0.2, 0.25) is 0 Å². The third-order valence-corrected chi connectivity index (χ3v) is 4.92. The molecule has 0 saturated heterocycles. The molecule has 0 aliphatic carbocycles. The minimum atomic E-state index is -4.69. The Morgan fingerprint density at radius 2 is 1.30 bits per heavy atom. The maximum atomic E-state index is 13.9. The van der Waals surface area contributed by atoms with Crippen molar-refractivity contribution in [2.75, 3.05) is 0 Å². The number of fused-ring (bicyclic) bond motifs is 3. The molecule has 4 heteroatoms. The van der Waals surface area contributed by atoms with E-state index in [1.54, 1.807) is 0 Å². The van der Waals surface area contributed by atoms with Gasteiger partial charge in [0.05, 0.1) is 5.56 Å². The molecule has 0 heterocycles. The Hall–Kier alpha value is -2.88. The predicted octanol–water partition coefficient (Wildman–Crippen LogP) is 7.38. The van der Waals surface area contributed by atoms with Crippen molar-refractivity contribution in [2.45, 2.75) is 19.5 Å². The number of aryl methyl sites for hydroxylation is 1. The summed E-state index contributed by atoms with van der Waals surface area (Å²) in [5.74, 6) is -1.26. The second-order valence-corrected chi connectivity index (χ2v) is 6.60. The van der Waals surface area contributed by atoms with Gasteiger partial charge in [-0.1, -0.05) is 55.5 Å². The molecule has 0 spiro atoms. The van der Waals surface area contributed by atoms with Crippen molar-refractivity contribution < 1.29 is 17.6 Å². The highest BCUT2D eigenvalue weighted by molar-refractivity contribution is 6.08. The molecule has 0 atom stereocenters. The first-order valence-corrected chi connectivity index (χ1v) is 8.69. The fourth-order valence-electron chi connectivity index (χ4n) is 3.44. The number of rotatable bonds is 2. The number of hydrogen-bond acceptors (Lipinski definition) is 0. The van der Waals surface area contributed by atoms with Gasteiger partial charge in [-0.25, -0.2) is 4.39 Å². The Balaban J connectivity index is 1.82. The lowest BCUT2D eigenvalue weighted by Gasteiger charge is -2.11. The van der Waals surface area contributed by atoms with Gasteiger partial charge in [-0.05, 0) is 62.9 Å². The Kier molecular flexibility index (Phi) is 4.14. The van der Waals surface area contributed by atoms with Crippen molar-refractivity contribution in [3.8, 4) is 11.1 Å². The van der Waals surface area contributed by atoms with Gasteiger partial charge in [0.1, 0.15) is 5.82 Å². The zero-order chi connectivity index (χ0) is 19.2. The molecule has 0 amide bonds.